The highest BCUT2D eigenvalue weighted by Gasteiger charge is 2.68. The number of aliphatic hydroxyl groups excluding tert-OH is 2. The van der Waals surface area contributed by atoms with Crippen molar-refractivity contribution in [3.8, 4) is 0 Å². The molecule has 2 atom stereocenters. The van der Waals surface area contributed by atoms with E-state index in [1.54, 1.807) is 0 Å². The smallest absolute Gasteiger partial charge is 0.378 e. The number of carbonyl (C=O) groups excluding carboxylic acids is 1. The highest BCUT2D eigenvalue weighted by molar-refractivity contribution is 5.56. The molecule has 0 fully saturated rings. The molecule has 0 aliphatic carbocycles. The Morgan fingerprint density at radius 1 is 0.783 bits per heavy atom. The van der Waals surface area contributed by atoms with Crippen LogP contribution in [0.4, 0.5) is 0 Å². The van der Waals surface area contributed by atoms with E-state index in [-0.39, 0.29) is 13.8 Å². The van der Waals surface area contributed by atoms with E-state index in [2.05, 4.69) is 0 Å². The van der Waals surface area contributed by atoms with Crippen LogP contribution in [-0.4, -0.2) is 59.7 Å². The van der Waals surface area contributed by atoms with Gasteiger partial charge in [-0.1, -0.05) is 0 Å². The number of aliphatic hydroxyl groups is 2. The average molecular weight is 340 g/mol. The summed E-state index contributed by atoms with van der Waals surface area (Å²) in [6, 6.07) is 0. The fraction of sp³-hybridized carbons (Fsp3) is 0.875. The number of nitro groups is 4. The van der Waals surface area contributed by atoms with Gasteiger partial charge in [0.25, 0.3) is 0 Å². The zero-order valence-corrected chi connectivity index (χ0v) is 11.7. The first-order valence-electron chi connectivity index (χ1n) is 5.68. The minimum Gasteiger partial charge on any atom is -0.378 e. The molecule has 130 valence electrons. The second-order valence-electron chi connectivity index (χ2n) is 4.82. The van der Waals surface area contributed by atoms with Gasteiger partial charge in [-0.15, -0.1) is 0 Å². The van der Waals surface area contributed by atoms with Crippen molar-refractivity contribution in [2.75, 3.05) is 0 Å². The summed E-state index contributed by atoms with van der Waals surface area (Å²) < 4.78 is 0. The van der Waals surface area contributed by atoms with Crippen molar-refractivity contribution in [3.05, 3.63) is 40.5 Å². The second-order valence-corrected chi connectivity index (χ2v) is 4.82. The Kier molecular flexibility index (Phi) is 5.73. The standard InChI is InChI=1S/C8H12N4O11/c1-7(9(16)17,10(18)19)5(14)4(3-13)6(15)8(2,11(20)21)12(22)23/h3-6,14-15H,1-2H3. The molecule has 0 amide bonds. The number of aldehydes is 1. The first kappa shape index (κ1) is 20.2. The van der Waals surface area contributed by atoms with E-state index in [1.165, 1.54) is 0 Å². The lowest BCUT2D eigenvalue weighted by Gasteiger charge is -2.27. The quantitative estimate of drug-likeness (QED) is 0.203. The van der Waals surface area contributed by atoms with Gasteiger partial charge in [-0.25, -0.2) is 0 Å². The maximum Gasteiger partial charge on any atom is 0.481 e. The minimum absolute atomic E-state index is 0.288. The molecule has 0 saturated heterocycles. The lowest BCUT2D eigenvalue weighted by molar-refractivity contribution is -0.811. The summed E-state index contributed by atoms with van der Waals surface area (Å²) in [5, 5.41) is 62.7. The zero-order chi connectivity index (χ0) is 18.7. The predicted octanol–water partition coefficient (Wildman–Crippen LogP) is -1.94. The van der Waals surface area contributed by atoms with Crippen LogP contribution in [0.25, 0.3) is 0 Å². The third kappa shape index (κ3) is 3.04. The lowest BCUT2D eigenvalue weighted by Crippen LogP contribution is -2.64. The van der Waals surface area contributed by atoms with Gasteiger partial charge in [0.1, 0.15) is 26.0 Å². The first-order valence-corrected chi connectivity index (χ1v) is 5.68. The van der Waals surface area contributed by atoms with Crippen molar-refractivity contribution >= 4 is 6.29 Å². The van der Waals surface area contributed by atoms with Gasteiger partial charge in [0.05, 0.1) is 19.8 Å². The molecule has 0 aromatic heterocycles. The number of hydrogen-bond donors (Lipinski definition) is 2. The second kappa shape index (κ2) is 6.53. The van der Waals surface area contributed by atoms with Crippen molar-refractivity contribution in [1.82, 2.24) is 0 Å². The summed E-state index contributed by atoms with van der Waals surface area (Å²) in [4.78, 5) is 47.8. The highest BCUT2D eigenvalue weighted by Crippen LogP contribution is 2.29. The molecule has 15 heteroatoms. The fourth-order valence-corrected chi connectivity index (χ4v) is 1.62. The summed E-state index contributed by atoms with van der Waals surface area (Å²) >= 11 is 0. The zero-order valence-electron chi connectivity index (χ0n) is 11.7. The first-order chi connectivity index (χ1) is 10.3. The molecule has 23 heavy (non-hydrogen) atoms. The average Bonchev–Trinajstić information content (AvgIpc) is 2.44. The molecule has 15 nitrogen and oxygen atoms in total. The fourth-order valence-electron chi connectivity index (χ4n) is 1.62. The maximum atomic E-state index is 11.0. The lowest BCUT2D eigenvalue weighted by atomic mass is 9.84. The van der Waals surface area contributed by atoms with E-state index < -0.39 is 55.4 Å². The van der Waals surface area contributed by atoms with Crippen molar-refractivity contribution in [1.29, 1.82) is 0 Å². The molecule has 0 aliphatic heterocycles. The summed E-state index contributed by atoms with van der Waals surface area (Å²) in [6.45, 7) is 0.576. The van der Waals surface area contributed by atoms with E-state index in [0.717, 1.165) is 0 Å². The van der Waals surface area contributed by atoms with Crippen LogP contribution >= 0.6 is 0 Å². The van der Waals surface area contributed by atoms with Crippen LogP contribution in [0.15, 0.2) is 0 Å². The van der Waals surface area contributed by atoms with Gasteiger partial charge in [-0.3, -0.25) is 40.5 Å². The molecule has 0 heterocycles. The van der Waals surface area contributed by atoms with Crippen LogP contribution in [0, 0.1) is 46.4 Å². The van der Waals surface area contributed by atoms with Crippen molar-refractivity contribution < 1.29 is 34.7 Å². The van der Waals surface area contributed by atoms with Crippen LogP contribution in [0.1, 0.15) is 13.8 Å². The highest BCUT2D eigenvalue weighted by atomic mass is 16.7. The molecule has 2 unspecified atom stereocenters. The van der Waals surface area contributed by atoms with Gasteiger partial charge in [0.2, 0.25) is 12.2 Å². The monoisotopic (exact) mass is 340 g/mol. The molecule has 0 spiro atoms. The summed E-state index contributed by atoms with van der Waals surface area (Å²) in [5.41, 5.74) is -6.86. The minimum atomic E-state index is -3.43. The molecular formula is C8H12N4O11. The molecule has 0 radical (unpaired) electrons. The Hall–Kier alpha value is -2.81. The summed E-state index contributed by atoms with van der Waals surface area (Å²) in [7, 11) is 0. The number of hydrogen-bond acceptors (Lipinski definition) is 11. The van der Waals surface area contributed by atoms with Crippen LogP contribution in [0.5, 0.6) is 0 Å². The van der Waals surface area contributed by atoms with Gasteiger partial charge in [-0.2, -0.15) is 0 Å². The van der Waals surface area contributed by atoms with Gasteiger partial charge in [0.15, 0.2) is 0 Å². The molecule has 0 rings (SSSR count). The summed E-state index contributed by atoms with van der Waals surface area (Å²) in [5.74, 6) is -2.54. The van der Waals surface area contributed by atoms with E-state index in [9.17, 15) is 55.5 Å². The maximum absolute atomic E-state index is 11.0. The van der Waals surface area contributed by atoms with Gasteiger partial charge in [-0.05, 0) is 0 Å². The van der Waals surface area contributed by atoms with Crippen molar-refractivity contribution in [2.45, 2.75) is 37.4 Å². The largest absolute Gasteiger partial charge is 0.481 e. The molecule has 0 aromatic rings. The van der Waals surface area contributed by atoms with Crippen molar-refractivity contribution in [2.24, 2.45) is 5.92 Å². The van der Waals surface area contributed by atoms with Crippen LogP contribution < -0.4 is 0 Å². The van der Waals surface area contributed by atoms with Crippen LogP contribution in [0.3, 0.4) is 0 Å². The molecule has 0 aromatic carbocycles. The van der Waals surface area contributed by atoms with Gasteiger partial charge < -0.3 is 15.0 Å². The molecular weight excluding hydrogens is 328 g/mol. The van der Waals surface area contributed by atoms with E-state index in [0.29, 0.717) is 0 Å². The van der Waals surface area contributed by atoms with Gasteiger partial charge >= 0.3 is 11.3 Å². The number of nitrogens with zero attached hydrogens (tertiary/aromatic N) is 4. The predicted molar refractivity (Wildman–Crippen MR) is 66.4 cm³/mol. The molecule has 0 bridgehead atoms. The Balaban J connectivity index is 6.07. The van der Waals surface area contributed by atoms with E-state index >= 15 is 0 Å². The Morgan fingerprint density at radius 2 is 1.00 bits per heavy atom. The molecule has 0 aliphatic rings. The number of rotatable bonds is 9. The van der Waals surface area contributed by atoms with Crippen LogP contribution in [-0.2, 0) is 4.79 Å². The Labute approximate surface area is 126 Å². The van der Waals surface area contributed by atoms with E-state index in [1.807, 2.05) is 0 Å². The van der Waals surface area contributed by atoms with Crippen molar-refractivity contribution in [3.63, 3.8) is 0 Å². The third-order valence-electron chi connectivity index (χ3n) is 3.49. The SMILES string of the molecule is CC(C(O)C(C=O)C(O)C(C)([N+](=O)[O-])[N+](=O)[O-])([N+](=O)[O-])[N+](=O)[O-]. The Bertz CT molecular complexity index is 476. The third-order valence-corrected chi connectivity index (χ3v) is 3.49. The van der Waals surface area contributed by atoms with Gasteiger partial charge in [0, 0.05) is 0 Å². The molecule has 2 N–H and O–H groups in total. The topological polar surface area (TPSA) is 230 Å². The van der Waals surface area contributed by atoms with Crippen LogP contribution in [0.2, 0.25) is 0 Å². The summed E-state index contributed by atoms with van der Waals surface area (Å²) in [6.07, 6.45) is -6.20. The Morgan fingerprint density at radius 3 is 1.13 bits per heavy atom. The number of carbonyl (C=O) groups is 1. The molecule has 0 saturated carbocycles. The van der Waals surface area contributed by atoms with E-state index in [4.69, 9.17) is 0 Å². The normalized spacial score (nSPS) is 16.0.